The zero-order valence-electron chi connectivity index (χ0n) is 12.9. The second-order valence-electron chi connectivity index (χ2n) is 4.76. The van der Waals surface area contributed by atoms with E-state index in [1.807, 2.05) is 24.3 Å². The lowest BCUT2D eigenvalue weighted by atomic mass is 10.3. The summed E-state index contributed by atoms with van der Waals surface area (Å²) in [5.41, 5.74) is 0. The van der Waals surface area contributed by atoms with Gasteiger partial charge in [-0.25, -0.2) is 0 Å². The Balaban J connectivity index is 1.73. The van der Waals surface area contributed by atoms with Crippen molar-refractivity contribution in [1.82, 2.24) is 0 Å². The maximum Gasteiger partial charge on any atom is 0.269 e. The third kappa shape index (κ3) is 6.58. The Morgan fingerprint density at radius 3 is 2.17 bits per heavy atom. The molecule has 0 aliphatic heterocycles. The molecule has 0 aliphatic carbocycles. The summed E-state index contributed by atoms with van der Waals surface area (Å²) < 4.78 is 41.5. The lowest BCUT2D eigenvalue weighted by molar-refractivity contribution is 0.237. The molecule has 24 heavy (non-hydrogen) atoms. The van der Waals surface area contributed by atoms with Gasteiger partial charge in [-0.3, -0.25) is 0 Å². The first kappa shape index (κ1) is 18.3. The zero-order chi connectivity index (χ0) is 17.2. The standard InChI is InChI=1S/C18H17BrF2O3/c19-14-6-8-15(9-7-14)22-11-3-12-23-16-4-1-2-5-17(16)24-13-10-18(20)21/h1-2,4-10H,3,11-13H2. The van der Waals surface area contributed by atoms with Gasteiger partial charge in [-0.15, -0.1) is 0 Å². The average molecular weight is 399 g/mol. The topological polar surface area (TPSA) is 27.7 Å². The Morgan fingerprint density at radius 2 is 1.50 bits per heavy atom. The van der Waals surface area contributed by atoms with Crippen LogP contribution >= 0.6 is 15.9 Å². The van der Waals surface area contributed by atoms with Gasteiger partial charge >= 0.3 is 0 Å². The lowest BCUT2D eigenvalue weighted by Crippen LogP contribution is -2.06. The molecule has 3 nitrogen and oxygen atoms in total. The molecular formula is C18H17BrF2O3. The number of halogens is 3. The van der Waals surface area contributed by atoms with Crippen molar-refractivity contribution in [2.75, 3.05) is 19.8 Å². The fourth-order valence-corrected chi connectivity index (χ4v) is 2.11. The highest BCUT2D eigenvalue weighted by Crippen LogP contribution is 2.26. The van der Waals surface area contributed by atoms with Gasteiger partial charge in [0.15, 0.2) is 11.5 Å². The van der Waals surface area contributed by atoms with Crippen molar-refractivity contribution in [3.63, 3.8) is 0 Å². The highest BCUT2D eigenvalue weighted by atomic mass is 79.9. The van der Waals surface area contributed by atoms with E-state index >= 15 is 0 Å². The molecule has 0 unspecified atom stereocenters. The van der Waals surface area contributed by atoms with Crippen LogP contribution in [0.2, 0.25) is 0 Å². The number of hydrogen-bond donors (Lipinski definition) is 0. The Morgan fingerprint density at radius 1 is 0.875 bits per heavy atom. The molecule has 0 spiro atoms. The van der Waals surface area contributed by atoms with E-state index < -0.39 is 6.08 Å². The van der Waals surface area contributed by atoms with Crippen LogP contribution in [0, 0.1) is 0 Å². The van der Waals surface area contributed by atoms with Crippen molar-refractivity contribution in [2.24, 2.45) is 0 Å². The van der Waals surface area contributed by atoms with Gasteiger partial charge in [0.05, 0.1) is 13.2 Å². The maximum atomic E-state index is 12.0. The van der Waals surface area contributed by atoms with Gasteiger partial charge in [0, 0.05) is 17.0 Å². The molecule has 0 N–H and O–H groups in total. The van der Waals surface area contributed by atoms with E-state index in [0.717, 1.165) is 10.2 Å². The van der Waals surface area contributed by atoms with E-state index in [4.69, 9.17) is 14.2 Å². The SMILES string of the molecule is FC(F)=CCOc1ccccc1OCCCOc1ccc(Br)cc1. The summed E-state index contributed by atoms with van der Waals surface area (Å²) in [5.74, 6) is 1.75. The van der Waals surface area contributed by atoms with Crippen LogP contribution in [-0.2, 0) is 0 Å². The van der Waals surface area contributed by atoms with Gasteiger partial charge in [-0.05, 0) is 36.4 Å². The molecule has 0 heterocycles. The van der Waals surface area contributed by atoms with E-state index in [0.29, 0.717) is 37.2 Å². The van der Waals surface area contributed by atoms with Gasteiger partial charge in [-0.1, -0.05) is 28.1 Å². The van der Waals surface area contributed by atoms with E-state index in [9.17, 15) is 8.78 Å². The molecule has 2 aromatic rings. The van der Waals surface area contributed by atoms with Gasteiger partial charge in [0.2, 0.25) is 0 Å². The first-order chi connectivity index (χ1) is 11.6. The van der Waals surface area contributed by atoms with Crippen LogP contribution in [0.3, 0.4) is 0 Å². The third-order valence-electron chi connectivity index (χ3n) is 2.95. The largest absolute Gasteiger partial charge is 0.493 e. The second-order valence-corrected chi connectivity index (χ2v) is 5.67. The summed E-state index contributed by atoms with van der Waals surface area (Å²) in [6, 6.07) is 14.6. The molecule has 2 aromatic carbocycles. The predicted octanol–water partition coefficient (Wildman–Crippen LogP) is 5.46. The zero-order valence-corrected chi connectivity index (χ0v) is 14.5. The summed E-state index contributed by atoms with van der Waals surface area (Å²) in [7, 11) is 0. The van der Waals surface area contributed by atoms with Crippen molar-refractivity contribution in [3.05, 3.63) is 65.2 Å². The molecule has 0 saturated carbocycles. The van der Waals surface area contributed by atoms with E-state index in [1.54, 1.807) is 24.3 Å². The first-order valence-corrected chi connectivity index (χ1v) is 8.18. The highest BCUT2D eigenvalue weighted by molar-refractivity contribution is 9.10. The van der Waals surface area contributed by atoms with Crippen molar-refractivity contribution in [3.8, 4) is 17.2 Å². The van der Waals surface area contributed by atoms with Crippen molar-refractivity contribution < 1.29 is 23.0 Å². The molecule has 0 bridgehead atoms. The van der Waals surface area contributed by atoms with Crippen LogP contribution in [0.15, 0.2) is 65.2 Å². The Bertz CT molecular complexity index is 656. The van der Waals surface area contributed by atoms with Gasteiger partial charge in [0.1, 0.15) is 12.4 Å². The molecule has 2 rings (SSSR count). The monoisotopic (exact) mass is 398 g/mol. The quantitative estimate of drug-likeness (QED) is 0.525. The summed E-state index contributed by atoms with van der Waals surface area (Å²) in [4.78, 5) is 0. The minimum atomic E-state index is -1.77. The van der Waals surface area contributed by atoms with E-state index in [-0.39, 0.29) is 6.61 Å². The summed E-state index contributed by atoms with van der Waals surface area (Å²) in [5, 5.41) is 0. The average Bonchev–Trinajstić information content (AvgIpc) is 2.57. The Labute approximate surface area is 148 Å². The summed E-state index contributed by atoms with van der Waals surface area (Å²) in [6.45, 7) is 0.750. The summed E-state index contributed by atoms with van der Waals surface area (Å²) >= 11 is 3.36. The van der Waals surface area contributed by atoms with Crippen LogP contribution in [0.25, 0.3) is 0 Å². The molecule has 0 amide bonds. The molecular weight excluding hydrogens is 382 g/mol. The van der Waals surface area contributed by atoms with Gasteiger partial charge in [0.25, 0.3) is 6.08 Å². The molecule has 128 valence electrons. The van der Waals surface area contributed by atoms with Crippen LogP contribution in [0.1, 0.15) is 6.42 Å². The smallest absolute Gasteiger partial charge is 0.269 e. The van der Waals surface area contributed by atoms with Crippen molar-refractivity contribution in [2.45, 2.75) is 6.42 Å². The molecule has 6 heteroatoms. The molecule has 0 saturated heterocycles. The highest BCUT2D eigenvalue weighted by Gasteiger charge is 2.04. The van der Waals surface area contributed by atoms with E-state index in [1.165, 1.54) is 0 Å². The predicted molar refractivity (Wildman–Crippen MR) is 92.0 cm³/mol. The normalized spacial score (nSPS) is 10.1. The second kappa shape index (κ2) is 9.93. The molecule has 0 aromatic heterocycles. The fourth-order valence-electron chi connectivity index (χ4n) is 1.84. The maximum absolute atomic E-state index is 12.0. The van der Waals surface area contributed by atoms with Crippen molar-refractivity contribution in [1.29, 1.82) is 0 Å². The van der Waals surface area contributed by atoms with Crippen LogP contribution in [0.4, 0.5) is 8.78 Å². The van der Waals surface area contributed by atoms with Gasteiger partial charge < -0.3 is 14.2 Å². The third-order valence-corrected chi connectivity index (χ3v) is 3.48. The number of para-hydroxylation sites is 2. The molecule has 0 fully saturated rings. The first-order valence-electron chi connectivity index (χ1n) is 7.39. The molecule has 0 radical (unpaired) electrons. The fraction of sp³-hybridized carbons (Fsp3) is 0.222. The van der Waals surface area contributed by atoms with Gasteiger partial charge in [-0.2, -0.15) is 8.78 Å². The lowest BCUT2D eigenvalue weighted by Gasteiger charge is -2.12. The Hall–Kier alpha value is -2.08. The van der Waals surface area contributed by atoms with E-state index in [2.05, 4.69) is 15.9 Å². The molecule has 0 aliphatic rings. The minimum absolute atomic E-state index is 0.199. The Kier molecular flexibility index (Phi) is 7.55. The van der Waals surface area contributed by atoms with Crippen LogP contribution in [0.5, 0.6) is 17.2 Å². The number of hydrogen-bond acceptors (Lipinski definition) is 3. The number of benzene rings is 2. The minimum Gasteiger partial charge on any atom is -0.493 e. The van der Waals surface area contributed by atoms with Crippen molar-refractivity contribution >= 4 is 15.9 Å². The molecule has 0 atom stereocenters. The number of rotatable bonds is 9. The van der Waals surface area contributed by atoms with Crippen LogP contribution < -0.4 is 14.2 Å². The summed E-state index contributed by atoms with van der Waals surface area (Å²) in [6.07, 6.45) is -0.370. The number of ether oxygens (including phenoxy) is 3. The van der Waals surface area contributed by atoms with Crippen LogP contribution in [-0.4, -0.2) is 19.8 Å².